The fourth-order valence-electron chi connectivity index (χ4n) is 2.85. The second kappa shape index (κ2) is 8.11. The molecule has 2 aromatic heterocycles. The van der Waals surface area contributed by atoms with Crippen molar-refractivity contribution in [3.63, 3.8) is 0 Å². The summed E-state index contributed by atoms with van der Waals surface area (Å²) in [7, 11) is 0. The molecule has 142 valence electrons. The van der Waals surface area contributed by atoms with E-state index in [2.05, 4.69) is 10.3 Å². The first-order valence-corrected chi connectivity index (χ1v) is 9.54. The van der Waals surface area contributed by atoms with Gasteiger partial charge in [0.05, 0.1) is 12.2 Å². The third kappa shape index (κ3) is 3.68. The van der Waals surface area contributed by atoms with Crippen molar-refractivity contribution in [2.24, 2.45) is 0 Å². The molecule has 3 rings (SSSR count). The fraction of sp³-hybridized carbons (Fsp3) is 0.190. The number of hydrogen-bond donors (Lipinski definition) is 2. The predicted octanol–water partition coefficient (Wildman–Crippen LogP) is 4.57. The molecule has 1 amide bonds. The smallest absolute Gasteiger partial charge is 0.341 e. The number of thiophene rings is 1. The number of nitriles is 1. The van der Waals surface area contributed by atoms with E-state index < -0.39 is 11.9 Å². The van der Waals surface area contributed by atoms with Crippen molar-refractivity contribution in [1.82, 2.24) is 4.98 Å². The lowest BCUT2D eigenvalue weighted by Crippen LogP contribution is -2.16. The molecule has 28 heavy (non-hydrogen) atoms. The van der Waals surface area contributed by atoms with Crippen molar-refractivity contribution >= 4 is 45.2 Å². The Morgan fingerprint density at radius 2 is 2.07 bits per heavy atom. The molecule has 0 bridgehead atoms. The van der Waals surface area contributed by atoms with Gasteiger partial charge in [0.15, 0.2) is 0 Å². The number of H-pyrrole nitrogens is 1. The third-order valence-electron chi connectivity index (χ3n) is 4.38. The summed E-state index contributed by atoms with van der Waals surface area (Å²) in [5.41, 5.74) is 2.70. The molecule has 0 spiro atoms. The minimum Gasteiger partial charge on any atom is -0.462 e. The van der Waals surface area contributed by atoms with E-state index in [0.717, 1.165) is 26.9 Å². The van der Waals surface area contributed by atoms with E-state index in [-0.39, 0.29) is 12.2 Å². The number of anilines is 1. The van der Waals surface area contributed by atoms with Crippen LogP contribution >= 0.6 is 11.3 Å². The molecule has 2 N–H and O–H groups in total. The van der Waals surface area contributed by atoms with Gasteiger partial charge < -0.3 is 15.0 Å². The highest BCUT2D eigenvalue weighted by atomic mass is 32.1. The molecule has 2 heterocycles. The highest BCUT2D eigenvalue weighted by molar-refractivity contribution is 7.16. The Labute approximate surface area is 166 Å². The number of aromatic nitrogens is 1. The van der Waals surface area contributed by atoms with Gasteiger partial charge in [-0.15, -0.1) is 11.3 Å². The lowest BCUT2D eigenvalue weighted by molar-refractivity contribution is -0.112. The van der Waals surface area contributed by atoms with E-state index >= 15 is 0 Å². The summed E-state index contributed by atoms with van der Waals surface area (Å²) in [5, 5.41) is 13.5. The Balaban J connectivity index is 1.93. The van der Waals surface area contributed by atoms with Crippen LogP contribution in [0.4, 0.5) is 5.00 Å². The number of benzene rings is 1. The summed E-state index contributed by atoms with van der Waals surface area (Å²) < 4.78 is 5.10. The van der Waals surface area contributed by atoms with Crippen LogP contribution in [0.25, 0.3) is 17.0 Å². The number of fused-ring (bicyclic) bond motifs is 1. The van der Waals surface area contributed by atoms with Crippen molar-refractivity contribution in [1.29, 1.82) is 5.26 Å². The lowest BCUT2D eigenvalue weighted by Gasteiger charge is -2.06. The van der Waals surface area contributed by atoms with E-state index in [0.29, 0.717) is 10.6 Å². The summed E-state index contributed by atoms with van der Waals surface area (Å²) in [6.07, 6.45) is 3.28. The maximum atomic E-state index is 12.7. The number of nitrogens with zero attached hydrogens (tertiary/aromatic N) is 1. The maximum absolute atomic E-state index is 12.7. The van der Waals surface area contributed by atoms with Gasteiger partial charge in [-0.25, -0.2) is 4.79 Å². The standard InChI is InChI=1S/C21H19N3O3S/c1-4-27-21(26)18-12(2)13(3)28-20(18)24-19(25)14(10-22)9-15-11-23-17-8-6-5-7-16(15)17/h5-9,11,23H,4H2,1-3H3,(H,24,25)/b14-9+. The molecular weight excluding hydrogens is 374 g/mol. The van der Waals surface area contributed by atoms with Gasteiger partial charge in [0.25, 0.3) is 5.91 Å². The van der Waals surface area contributed by atoms with Crippen LogP contribution in [0.15, 0.2) is 36.0 Å². The van der Waals surface area contributed by atoms with Crippen LogP contribution in [-0.4, -0.2) is 23.5 Å². The van der Waals surface area contributed by atoms with Crippen molar-refractivity contribution < 1.29 is 14.3 Å². The van der Waals surface area contributed by atoms with E-state index in [9.17, 15) is 14.9 Å². The molecule has 1 aromatic carbocycles. The summed E-state index contributed by atoms with van der Waals surface area (Å²) in [6, 6.07) is 9.57. The first kappa shape index (κ1) is 19.4. The van der Waals surface area contributed by atoms with Gasteiger partial charge in [-0.1, -0.05) is 18.2 Å². The van der Waals surface area contributed by atoms with Gasteiger partial charge >= 0.3 is 5.97 Å². The molecule has 0 aliphatic heterocycles. The first-order chi connectivity index (χ1) is 13.5. The molecule has 0 saturated carbocycles. The average Bonchev–Trinajstić information content (AvgIpc) is 3.20. The first-order valence-electron chi connectivity index (χ1n) is 8.72. The monoisotopic (exact) mass is 393 g/mol. The third-order valence-corrected chi connectivity index (χ3v) is 5.50. The van der Waals surface area contributed by atoms with E-state index in [1.807, 2.05) is 37.3 Å². The lowest BCUT2D eigenvalue weighted by atomic mass is 10.1. The maximum Gasteiger partial charge on any atom is 0.341 e. The van der Waals surface area contributed by atoms with Crippen molar-refractivity contribution in [2.45, 2.75) is 20.8 Å². The fourth-order valence-corrected chi connectivity index (χ4v) is 3.90. The second-order valence-corrected chi connectivity index (χ2v) is 7.35. The molecule has 0 radical (unpaired) electrons. The van der Waals surface area contributed by atoms with E-state index in [4.69, 9.17) is 4.74 Å². The minimum absolute atomic E-state index is 0.0525. The van der Waals surface area contributed by atoms with Gasteiger partial charge in [0, 0.05) is 27.5 Å². The SMILES string of the molecule is CCOC(=O)c1c(NC(=O)/C(C#N)=C/c2c[nH]c3ccccc23)sc(C)c1C. The van der Waals surface area contributed by atoms with Crippen LogP contribution in [-0.2, 0) is 9.53 Å². The number of carbonyl (C=O) groups is 2. The number of amides is 1. The van der Waals surface area contributed by atoms with Crippen LogP contribution in [0.5, 0.6) is 0 Å². The number of ether oxygens (including phenoxy) is 1. The molecule has 3 aromatic rings. The molecule has 0 fully saturated rings. The minimum atomic E-state index is -0.570. The van der Waals surface area contributed by atoms with Crippen LogP contribution in [0.2, 0.25) is 0 Å². The molecule has 0 unspecified atom stereocenters. The molecule has 6 nitrogen and oxygen atoms in total. The zero-order valence-corrected chi connectivity index (χ0v) is 16.6. The van der Waals surface area contributed by atoms with Gasteiger partial charge in [0.1, 0.15) is 16.6 Å². The topological polar surface area (TPSA) is 95.0 Å². The summed E-state index contributed by atoms with van der Waals surface area (Å²) in [4.78, 5) is 29.0. The van der Waals surface area contributed by atoms with E-state index in [1.54, 1.807) is 20.0 Å². The van der Waals surface area contributed by atoms with Crippen LogP contribution in [0.1, 0.15) is 33.3 Å². The van der Waals surface area contributed by atoms with Crippen LogP contribution in [0.3, 0.4) is 0 Å². The van der Waals surface area contributed by atoms with Gasteiger partial charge in [-0.2, -0.15) is 5.26 Å². The van der Waals surface area contributed by atoms with Gasteiger partial charge in [-0.05, 0) is 38.5 Å². The number of para-hydroxylation sites is 1. The number of nitrogens with one attached hydrogen (secondary N) is 2. The average molecular weight is 393 g/mol. The quantitative estimate of drug-likeness (QED) is 0.377. The Hall–Kier alpha value is -3.37. The Bertz CT molecular complexity index is 1130. The zero-order valence-electron chi connectivity index (χ0n) is 15.8. The molecule has 0 atom stereocenters. The summed E-state index contributed by atoms with van der Waals surface area (Å²) in [5.74, 6) is -1.06. The predicted molar refractivity (Wildman–Crippen MR) is 110 cm³/mol. The highest BCUT2D eigenvalue weighted by Crippen LogP contribution is 2.33. The zero-order chi connectivity index (χ0) is 20.3. The summed E-state index contributed by atoms with van der Waals surface area (Å²) >= 11 is 1.29. The Kier molecular flexibility index (Phi) is 5.62. The Morgan fingerprint density at radius 1 is 1.32 bits per heavy atom. The second-order valence-electron chi connectivity index (χ2n) is 6.12. The van der Waals surface area contributed by atoms with Gasteiger partial charge in [-0.3, -0.25) is 4.79 Å². The molecule has 0 aliphatic rings. The number of esters is 1. The Morgan fingerprint density at radius 3 is 2.79 bits per heavy atom. The number of aryl methyl sites for hydroxylation is 1. The molecular formula is C21H19N3O3S. The van der Waals surface area contributed by atoms with Crippen molar-refractivity contribution in [3.05, 3.63) is 57.6 Å². The van der Waals surface area contributed by atoms with Crippen LogP contribution < -0.4 is 5.32 Å². The van der Waals surface area contributed by atoms with E-state index in [1.165, 1.54) is 17.4 Å². The molecule has 0 saturated heterocycles. The van der Waals surface area contributed by atoms with Crippen LogP contribution in [0, 0.1) is 25.2 Å². The number of rotatable bonds is 5. The number of hydrogen-bond acceptors (Lipinski definition) is 5. The molecule has 7 heteroatoms. The normalized spacial score (nSPS) is 11.3. The largest absolute Gasteiger partial charge is 0.462 e. The number of aromatic amines is 1. The van der Waals surface area contributed by atoms with Gasteiger partial charge in [0.2, 0.25) is 0 Å². The van der Waals surface area contributed by atoms with Crippen molar-refractivity contribution in [3.8, 4) is 6.07 Å². The summed E-state index contributed by atoms with van der Waals surface area (Å²) in [6.45, 7) is 5.64. The van der Waals surface area contributed by atoms with Crippen molar-refractivity contribution in [2.75, 3.05) is 11.9 Å². The molecule has 0 aliphatic carbocycles. The highest BCUT2D eigenvalue weighted by Gasteiger charge is 2.23. The number of carbonyl (C=O) groups excluding carboxylic acids is 2.